The molecule has 0 saturated carbocycles. The van der Waals surface area contributed by atoms with Gasteiger partial charge in [0.1, 0.15) is 11.6 Å². The van der Waals surface area contributed by atoms with Crippen molar-refractivity contribution in [2.45, 2.75) is 6.18 Å². The maximum atomic E-state index is 13.3. The van der Waals surface area contributed by atoms with Crippen molar-refractivity contribution in [3.05, 3.63) is 45.5 Å². The van der Waals surface area contributed by atoms with Crippen LogP contribution in [-0.4, -0.2) is 9.97 Å². The van der Waals surface area contributed by atoms with Gasteiger partial charge in [-0.3, -0.25) is 0 Å². The number of ether oxygens (including phenoxy) is 1. The second-order valence-corrected chi connectivity index (χ2v) is 4.73. The van der Waals surface area contributed by atoms with Gasteiger partial charge in [0.2, 0.25) is 11.2 Å². The van der Waals surface area contributed by atoms with E-state index in [1.807, 2.05) is 0 Å². The van der Waals surface area contributed by atoms with E-state index in [9.17, 15) is 17.6 Å². The van der Waals surface area contributed by atoms with Gasteiger partial charge in [0.15, 0.2) is 5.69 Å². The van der Waals surface area contributed by atoms with Crippen molar-refractivity contribution in [1.82, 2.24) is 9.97 Å². The largest absolute Gasteiger partial charge is 0.439 e. The summed E-state index contributed by atoms with van der Waals surface area (Å²) in [6, 6.07) is 4.27. The minimum atomic E-state index is -4.68. The van der Waals surface area contributed by atoms with Crippen LogP contribution in [-0.2, 0) is 6.18 Å². The van der Waals surface area contributed by atoms with Crippen molar-refractivity contribution < 1.29 is 22.3 Å². The third-order valence-corrected chi connectivity index (χ3v) is 2.89. The number of aromatic nitrogens is 2. The lowest BCUT2D eigenvalue weighted by Crippen LogP contribution is -2.09. The fraction of sp³-hybridized carbons (Fsp3) is 0.0909. The molecule has 0 saturated heterocycles. The molecular weight excluding hydrogens is 367 g/mol. The molecule has 2 aromatic rings. The second-order valence-electron chi connectivity index (χ2n) is 3.54. The van der Waals surface area contributed by atoms with Gasteiger partial charge in [0, 0.05) is 12.1 Å². The molecule has 0 fully saturated rings. The lowest BCUT2D eigenvalue weighted by Gasteiger charge is -2.09. The maximum absolute atomic E-state index is 13.3. The first-order valence-corrected chi connectivity index (χ1v) is 6.17. The van der Waals surface area contributed by atoms with Crippen molar-refractivity contribution in [2.24, 2.45) is 0 Å². The molecule has 0 spiro atoms. The Hall–Kier alpha value is -1.41. The highest BCUT2D eigenvalue weighted by atomic mass is 79.9. The quantitative estimate of drug-likeness (QED) is 0.559. The highest BCUT2D eigenvalue weighted by molar-refractivity contribution is 9.10. The Labute approximate surface area is 123 Å². The number of nitrogens with zero attached hydrogens (tertiary/aromatic N) is 2. The summed E-state index contributed by atoms with van der Waals surface area (Å²) in [5.74, 6) is -1.08. The number of alkyl halides is 3. The summed E-state index contributed by atoms with van der Waals surface area (Å²) in [4.78, 5) is 6.54. The molecular formula is C11H4BrClF4N2O. The summed E-state index contributed by atoms with van der Waals surface area (Å²) < 4.78 is 56.1. The van der Waals surface area contributed by atoms with Crippen LogP contribution in [0.3, 0.4) is 0 Å². The maximum Gasteiger partial charge on any atom is 0.433 e. The van der Waals surface area contributed by atoms with E-state index in [1.54, 1.807) is 0 Å². The van der Waals surface area contributed by atoms with Crippen LogP contribution in [0.15, 0.2) is 28.7 Å². The summed E-state index contributed by atoms with van der Waals surface area (Å²) in [6.45, 7) is 0. The zero-order chi connectivity index (χ0) is 14.9. The Kier molecular flexibility index (Phi) is 4.14. The Morgan fingerprint density at radius 1 is 1.15 bits per heavy atom. The van der Waals surface area contributed by atoms with Crippen LogP contribution in [0.2, 0.25) is 5.28 Å². The average Bonchev–Trinajstić information content (AvgIpc) is 2.32. The van der Waals surface area contributed by atoms with E-state index in [1.165, 1.54) is 12.1 Å². The average molecular weight is 372 g/mol. The van der Waals surface area contributed by atoms with Crippen molar-refractivity contribution in [3.8, 4) is 11.6 Å². The monoisotopic (exact) mass is 370 g/mol. The van der Waals surface area contributed by atoms with Crippen LogP contribution in [0.4, 0.5) is 17.6 Å². The number of halogens is 6. The van der Waals surface area contributed by atoms with Crippen LogP contribution in [0.1, 0.15) is 5.69 Å². The minimum absolute atomic E-state index is 0.0198. The zero-order valence-corrected chi connectivity index (χ0v) is 11.7. The van der Waals surface area contributed by atoms with Gasteiger partial charge in [0.25, 0.3) is 0 Å². The minimum Gasteiger partial charge on any atom is -0.439 e. The van der Waals surface area contributed by atoms with Gasteiger partial charge in [-0.1, -0.05) is 0 Å². The topological polar surface area (TPSA) is 35.0 Å². The van der Waals surface area contributed by atoms with Gasteiger partial charge in [-0.25, -0.2) is 9.37 Å². The molecule has 0 N–H and O–H groups in total. The van der Waals surface area contributed by atoms with Crippen LogP contribution in [0.5, 0.6) is 11.6 Å². The summed E-state index contributed by atoms with van der Waals surface area (Å²) in [5.41, 5.74) is -1.25. The predicted molar refractivity (Wildman–Crippen MR) is 66.2 cm³/mol. The van der Waals surface area contributed by atoms with Crippen molar-refractivity contribution in [1.29, 1.82) is 0 Å². The normalized spacial score (nSPS) is 11.5. The van der Waals surface area contributed by atoms with E-state index in [-0.39, 0.29) is 10.2 Å². The molecule has 0 aliphatic carbocycles. The molecule has 3 nitrogen and oxygen atoms in total. The predicted octanol–water partition coefficient (Wildman–Crippen LogP) is 4.84. The molecule has 0 amide bonds. The standard InChI is InChI=1S/C11H4BrClF4N2O/c12-6-2-1-5(3-7(6)14)20-9-4-8(11(15,16)17)18-10(13)19-9/h1-4H. The lowest BCUT2D eigenvalue weighted by atomic mass is 10.3. The smallest absolute Gasteiger partial charge is 0.433 e. The Bertz CT molecular complexity index is 651. The molecule has 0 unspecified atom stereocenters. The van der Waals surface area contributed by atoms with Gasteiger partial charge in [-0.05, 0) is 39.7 Å². The molecule has 0 atom stereocenters. The first-order chi connectivity index (χ1) is 9.25. The number of benzene rings is 1. The van der Waals surface area contributed by atoms with Crippen molar-refractivity contribution >= 4 is 27.5 Å². The highest BCUT2D eigenvalue weighted by Gasteiger charge is 2.34. The molecule has 0 aliphatic heterocycles. The first kappa shape index (κ1) is 15.0. The van der Waals surface area contributed by atoms with Gasteiger partial charge in [-0.15, -0.1) is 0 Å². The van der Waals surface area contributed by atoms with Gasteiger partial charge < -0.3 is 4.74 Å². The van der Waals surface area contributed by atoms with Crippen molar-refractivity contribution in [3.63, 3.8) is 0 Å². The number of rotatable bonds is 2. The lowest BCUT2D eigenvalue weighted by molar-refractivity contribution is -0.141. The molecule has 1 aromatic heterocycles. The van der Waals surface area contributed by atoms with E-state index in [4.69, 9.17) is 16.3 Å². The molecule has 9 heteroatoms. The SMILES string of the molecule is Fc1cc(Oc2cc(C(F)(F)F)nc(Cl)n2)ccc1Br. The molecule has 20 heavy (non-hydrogen) atoms. The molecule has 0 bridgehead atoms. The van der Waals surface area contributed by atoms with E-state index >= 15 is 0 Å². The second kappa shape index (κ2) is 5.53. The summed E-state index contributed by atoms with van der Waals surface area (Å²) >= 11 is 8.33. The van der Waals surface area contributed by atoms with E-state index < -0.39 is 28.9 Å². The number of hydrogen-bond acceptors (Lipinski definition) is 3. The highest BCUT2D eigenvalue weighted by Crippen LogP contribution is 2.32. The molecule has 2 rings (SSSR count). The van der Waals surface area contributed by atoms with Gasteiger partial charge in [0.05, 0.1) is 4.47 Å². The summed E-state index contributed by atoms with van der Waals surface area (Å²) in [7, 11) is 0. The Morgan fingerprint density at radius 3 is 2.45 bits per heavy atom. The van der Waals surface area contributed by atoms with Crippen LogP contribution in [0, 0.1) is 5.82 Å². The van der Waals surface area contributed by atoms with E-state index in [0.29, 0.717) is 6.07 Å². The van der Waals surface area contributed by atoms with Crippen molar-refractivity contribution in [2.75, 3.05) is 0 Å². The number of hydrogen-bond donors (Lipinski definition) is 0. The fourth-order valence-corrected chi connectivity index (χ4v) is 1.68. The van der Waals surface area contributed by atoms with Crippen LogP contribution >= 0.6 is 27.5 Å². The Balaban J connectivity index is 2.33. The third-order valence-electron chi connectivity index (χ3n) is 2.08. The van der Waals surface area contributed by atoms with Gasteiger partial charge in [-0.2, -0.15) is 18.2 Å². The van der Waals surface area contributed by atoms with Gasteiger partial charge >= 0.3 is 6.18 Å². The Morgan fingerprint density at radius 2 is 1.85 bits per heavy atom. The fourth-order valence-electron chi connectivity index (χ4n) is 1.26. The summed E-state index contributed by atoms with van der Waals surface area (Å²) in [6.07, 6.45) is -4.68. The van der Waals surface area contributed by atoms with E-state index in [0.717, 1.165) is 6.07 Å². The van der Waals surface area contributed by atoms with Crippen LogP contribution < -0.4 is 4.74 Å². The zero-order valence-electron chi connectivity index (χ0n) is 9.38. The first-order valence-electron chi connectivity index (χ1n) is 5.00. The molecule has 1 aromatic carbocycles. The molecule has 0 radical (unpaired) electrons. The molecule has 1 heterocycles. The summed E-state index contributed by atoms with van der Waals surface area (Å²) in [5, 5.41) is -0.618. The molecule has 106 valence electrons. The molecule has 0 aliphatic rings. The van der Waals surface area contributed by atoms with Crippen LogP contribution in [0.25, 0.3) is 0 Å². The third kappa shape index (κ3) is 3.57. The van der Waals surface area contributed by atoms with E-state index in [2.05, 4.69) is 25.9 Å².